The maximum atomic E-state index is 13.5. The second kappa shape index (κ2) is 7.68. The van der Waals surface area contributed by atoms with Crippen molar-refractivity contribution in [3.8, 4) is 5.69 Å². The molecule has 3 atom stereocenters. The standard InChI is InChI=1S/C22H21F3N6O/c1-13-8-19(31-28-6-7-29-31)20(27-11-13)21(32)30-17-4-5-18(30)14(10-17)9-16-3-2-15(12-26-16)22(23,24)25/h2-3,6-8,11-12,14,17-18H,4-5,9-10H2,1H3. The molecule has 32 heavy (non-hydrogen) atoms. The lowest BCUT2D eigenvalue weighted by Gasteiger charge is -2.25. The minimum Gasteiger partial charge on any atom is -0.331 e. The van der Waals surface area contributed by atoms with Gasteiger partial charge in [-0.3, -0.25) is 9.78 Å². The van der Waals surface area contributed by atoms with E-state index in [4.69, 9.17) is 0 Å². The van der Waals surface area contributed by atoms with Crippen LogP contribution < -0.4 is 0 Å². The summed E-state index contributed by atoms with van der Waals surface area (Å²) in [6.07, 6.45) is 4.35. The van der Waals surface area contributed by atoms with Gasteiger partial charge in [0.15, 0.2) is 5.69 Å². The van der Waals surface area contributed by atoms with E-state index >= 15 is 0 Å². The van der Waals surface area contributed by atoms with Crippen LogP contribution in [-0.2, 0) is 12.6 Å². The van der Waals surface area contributed by atoms with Crippen LogP contribution in [0, 0.1) is 12.8 Å². The van der Waals surface area contributed by atoms with Crippen molar-refractivity contribution in [2.24, 2.45) is 5.92 Å². The molecule has 10 heteroatoms. The number of hydrogen-bond donors (Lipinski definition) is 0. The van der Waals surface area contributed by atoms with E-state index in [0.717, 1.165) is 37.1 Å². The number of halogens is 3. The molecule has 5 heterocycles. The van der Waals surface area contributed by atoms with Gasteiger partial charge in [-0.05, 0) is 62.3 Å². The molecule has 7 nitrogen and oxygen atoms in total. The third-order valence-electron chi connectivity index (χ3n) is 6.36. The Bertz CT molecular complexity index is 1130. The first-order valence-electron chi connectivity index (χ1n) is 10.5. The van der Waals surface area contributed by atoms with Crippen molar-refractivity contribution >= 4 is 5.91 Å². The highest BCUT2D eigenvalue weighted by Crippen LogP contribution is 2.44. The molecule has 3 unspecified atom stereocenters. The molecule has 5 rings (SSSR count). The molecule has 2 fully saturated rings. The lowest BCUT2D eigenvalue weighted by atomic mass is 9.86. The molecule has 166 valence electrons. The molecular formula is C22H21F3N6O. The SMILES string of the molecule is Cc1cnc(C(=O)N2C3CCC2C(Cc2ccc(C(F)(F)F)cn2)C3)c(-n2nccn2)c1. The van der Waals surface area contributed by atoms with E-state index in [1.165, 1.54) is 10.9 Å². The third kappa shape index (κ3) is 3.63. The van der Waals surface area contributed by atoms with Gasteiger partial charge in [-0.25, -0.2) is 4.98 Å². The van der Waals surface area contributed by atoms with Gasteiger partial charge in [-0.2, -0.15) is 23.4 Å². The molecule has 2 bridgehead atoms. The van der Waals surface area contributed by atoms with Crippen molar-refractivity contribution in [3.63, 3.8) is 0 Å². The van der Waals surface area contributed by atoms with Crippen LogP contribution in [0.15, 0.2) is 43.0 Å². The van der Waals surface area contributed by atoms with Crippen molar-refractivity contribution in [1.82, 2.24) is 29.9 Å². The number of amides is 1. The molecule has 2 aliphatic rings. The van der Waals surface area contributed by atoms with E-state index in [9.17, 15) is 18.0 Å². The predicted molar refractivity (Wildman–Crippen MR) is 108 cm³/mol. The summed E-state index contributed by atoms with van der Waals surface area (Å²) in [4.78, 5) is 25.3. The first kappa shape index (κ1) is 20.6. The molecule has 3 aromatic rings. The zero-order valence-electron chi connectivity index (χ0n) is 17.3. The quantitative estimate of drug-likeness (QED) is 0.617. The summed E-state index contributed by atoms with van der Waals surface area (Å²) in [5, 5.41) is 8.31. The van der Waals surface area contributed by atoms with E-state index in [2.05, 4.69) is 20.2 Å². The van der Waals surface area contributed by atoms with Gasteiger partial charge in [-0.1, -0.05) is 0 Å². The van der Waals surface area contributed by atoms with Gasteiger partial charge in [0, 0.05) is 30.2 Å². The zero-order valence-corrected chi connectivity index (χ0v) is 17.3. The molecule has 3 aromatic heterocycles. The molecule has 1 amide bonds. The second-order valence-corrected chi connectivity index (χ2v) is 8.45. The van der Waals surface area contributed by atoms with E-state index < -0.39 is 11.7 Å². The molecule has 0 aromatic carbocycles. The first-order chi connectivity index (χ1) is 15.3. The van der Waals surface area contributed by atoms with Crippen LogP contribution in [0.5, 0.6) is 0 Å². The van der Waals surface area contributed by atoms with Gasteiger partial charge in [0.1, 0.15) is 5.69 Å². The topological polar surface area (TPSA) is 76.8 Å². The minimum atomic E-state index is -4.40. The Morgan fingerprint density at radius 2 is 1.91 bits per heavy atom. The van der Waals surface area contributed by atoms with Crippen molar-refractivity contribution in [2.45, 2.75) is 50.9 Å². The Labute approximate surface area is 182 Å². The first-order valence-corrected chi connectivity index (χ1v) is 10.5. The maximum Gasteiger partial charge on any atom is 0.417 e. The summed E-state index contributed by atoms with van der Waals surface area (Å²) >= 11 is 0. The summed E-state index contributed by atoms with van der Waals surface area (Å²) in [5.41, 5.74) is 1.59. The van der Waals surface area contributed by atoms with Crippen molar-refractivity contribution in [1.29, 1.82) is 0 Å². The van der Waals surface area contributed by atoms with Crippen molar-refractivity contribution in [3.05, 3.63) is 65.5 Å². The highest BCUT2D eigenvalue weighted by molar-refractivity contribution is 5.96. The number of aromatic nitrogens is 5. The number of fused-ring (bicyclic) bond motifs is 2. The molecule has 2 aliphatic heterocycles. The summed E-state index contributed by atoms with van der Waals surface area (Å²) in [6.45, 7) is 1.89. The van der Waals surface area contributed by atoms with Crippen molar-refractivity contribution < 1.29 is 18.0 Å². The third-order valence-corrected chi connectivity index (χ3v) is 6.36. The Morgan fingerprint density at radius 3 is 2.59 bits per heavy atom. The minimum absolute atomic E-state index is 0.0122. The number of carbonyl (C=O) groups is 1. The Kier molecular flexibility index (Phi) is 4.94. The Morgan fingerprint density at radius 1 is 1.12 bits per heavy atom. The number of pyridine rings is 2. The number of aryl methyl sites for hydroxylation is 1. The van der Waals surface area contributed by atoms with Crippen LogP contribution in [-0.4, -0.2) is 47.9 Å². The van der Waals surface area contributed by atoms with Crippen LogP contribution in [0.4, 0.5) is 13.2 Å². The summed E-state index contributed by atoms with van der Waals surface area (Å²) in [7, 11) is 0. The molecule has 0 saturated carbocycles. The highest BCUT2D eigenvalue weighted by atomic mass is 19.4. The molecular weight excluding hydrogens is 421 g/mol. The number of carbonyl (C=O) groups excluding carboxylic acids is 1. The van der Waals surface area contributed by atoms with Gasteiger partial charge < -0.3 is 4.90 Å². The summed E-state index contributed by atoms with van der Waals surface area (Å²) in [5.74, 6) is -0.00802. The van der Waals surface area contributed by atoms with Gasteiger partial charge in [0.25, 0.3) is 5.91 Å². The van der Waals surface area contributed by atoms with Crippen LogP contribution in [0.1, 0.15) is 46.6 Å². The summed E-state index contributed by atoms with van der Waals surface area (Å²) < 4.78 is 38.4. The highest BCUT2D eigenvalue weighted by Gasteiger charge is 2.49. The Balaban J connectivity index is 1.37. The van der Waals surface area contributed by atoms with Crippen LogP contribution in [0.3, 0.4) is 0 Å². The predicted octanol–water partition coefficient (Wildman–Crippen LogP) is 3.62. The van der Waals surface area contributed by atoms with Gasteiger partial charge >= 0.3 is 6.18 Å². The molecule has 0 aliphatic carbocycles. The van der Waals surface area contributed by atoms with E-state index in [0.29, 0.717) is 23.5 Å². The fourth-order valence-corrected chi connectivity index (χ4v) is 4.96. The van der Waals surface area contributed by atoms with Crippen LogP contribution in [0.2, 0.25) is 0 Å². The molecule has 0 radical (unpaired) electrons. The monoisotopic (exact) mass is 442 g/mol. The van der Waals surface area contributed by atoms with E-state index in [1.54, 1.807) is 18.6 Å². The lowest BCUT2D eigenvalue weighted by molar-refractivity contribution is -0.137. The number of hydrogen-bond acceptors (Lipinski definition) is 5. The fraction of sp³-hybridized carbons (Fsp3) is 0.409. The number of rotatable bonds is 4. The van der Waals surface area contributed by atoms with Gasteiger partial charge in [-0.15, -0.1) is 4.80 Å². The molecule has 2 saturated heterocycles. The number of alkyl halides is 3. The largest absolute Gasteiger partial charge is 0.417 e. The fourth-order valence-electron chi connectivity index (χ4n) is 4.96. The number of nitrogens with zero attached hydrogens (tertiary/aromatic N) is 6. The van der Waals surface area contributed by atoms with Gasteiger partial charge in [0.05, 0.1) is 18.0 Å². The second-order valence-electron chi connectivity index (χ2n) is 8.45. The lowest BCUT2D eigenvalue weighted by Crippen LogP contribution is -2.38. The molecule has 0 spiro atoms. The average molecular weight is 442 g/mol. The van der Waals surface area contributed by atoms with E-state index in [-0.39, 0.29) is 23.9 Å². The zero-order chi connectivity index (χ0) is 22.5. The Hall–Kier alpha value is -3.30. The van der Waals surface area contributed by atoms with Gasteiger partial charge in [0.2, 0.25) is 0 Å². The van der Waals surface area contributed by atoms with Crippen molar-refractivity contribution in [2.75, 3.05) is 0 Å². The van der Waals surface area contributed by atoms with Crippen LogP contribution >= 0.6 is 0 Å². The summed E-state index contributed by atoms with van der Waals surface area (Å²) in [6, 6.07) is 4.44. The van der Waals surface area contributed by atoms with Crippen LogP contribution in [0.25, 0.3) is 5.69 Å². The normalized spacial score (nSPS) is 22.5. The smallest absolute Gasteiger partial charge is 0.331 e. The average Bonchev–Trinajstić information content (AvgIpc) is 3.49. The maximum absolute atomic E-state index is 13.5. The van der Waals surface area contributed by atoms with E-state index in [1.807, 2.05) is 17.9 Å². The molecule has 0 N–H and O–H groups in total.